The average Bonchev–Trinajstić information content (AvgIpc) is 2.06. The van der Waals surface area contributed by atoms with Crippen LogP contribution >= 0.6 is 11.6 Å². The van der Waals surface area contributed by atoms with Crippen LogP contribution in [0, 0.1) is 0 Å². The molecular formula is C9H12ClNO2. The average molecular weight is 202 g/mol. The molecule has 0 saturated carbocycles. The zero-order valence-corrected chi connectivity index (χ0v) is 8.36. The van der Waals surface area contributed by atoms with Gasteiger partial charge in [-0.25, -0.2) is 0 Å². The Morgan fingerprint density at radius 1 is 1.46 bits per heavy atom. The molecule has 3 nitrogen and oxygen atoms in total. The molecule has 72 valence electrons. The molecule has 1 heterocycles. The molecule has 0 radical (unpaired) electrons. The number of carbonyl (C=O) groups excluding carboxylic acids is 1. The monoisotopic (exact) mass is 201 g/mol. The number of halogens is 1. The zero-order chi connectivity index (χ0) is 10.1. The highest BCUT2D eigenvalue weighted by Crippen LogP contribution is 2.01. The van der Waals surface area contributed by atoms with Crippen molar-refractivity contribution in [3.05, 3.63) is 29.5 Å². The lowest BCUT2D eigenvalue weighted by Crippen LogP contribution is -1.98. The van der Waals surface area contributed by atoms with Crippen LogP contribution in [0.3, 0.4) is 0 Å². The molecule has 0 saturated heterocycles. The molecule has 1 aromatic heterocycles. The highest BCUT2D eigenvalue weighted by Gasteiger charge is 1.83. The molecule has 0 N–H and O–H groups in total. The SMILES string of the molecule is CC(C)OC=O.Clc1ccncc1. The third-order valence-electron chi connectivity index (χ3n) is 0.967. The van der Waals surface area contributed by atoms with Crippen molar-refractivity contribution in [1.82, 2.24) is 4.98 Å². The van der Waals surface area contributed by atoms with Crippen molar-refractivity contribution in [3.8, 4) is 0 Å². The molecule has 0 aliphatic heterocycles. The van der Waals surface area contributed by atoms with Gasteiger partial charge < -0.3 is 4.74 Å². The van der Waals surface area contributed by atoms with Gasteiger partial charge in [-0.2, -0.15) is 0 Å². The summed E-state index contributed by atoms with van der Waals surface area (Å²) in [5, 5.41) is 0.731. The summed E-state index contributed by atoms with van der Waals surface area (Å²) < 4.78 is 4.36. The number of ether oxygens (including phenoxy) is 1. The van der Waals surface area contributed by atoms with Gasteiger partial charge in [-0.05, 0) is 26.0 Å². The van der Waals surface area contributed by atoms with Gasteiger partial charge in [-0.1, -0.05) is 11.6 Å². The Balaban J connectivity index is 0.000000226. The summed E-state index contributed by atoms with van der Waals surface area (Å²) in [5.74, 6) is 0. The molecule has 13 heavy (non-hydrogen) atoms. The highest BCUT2D eigenvalue weighted by molar-refractivity contribution is 6.30. The molecule has 0 spiro atoms. The second-order valence-corrected chi connectivity index (χ2v) is 2.88. The van der Waals surface area contributed by atoms with Crippen molar-refractivity contribution in [2.24, 2.45) is 0 Å². The summed E-state index contributed by atoms with van der Waals surface area (Å²) >= 11 is 5.50. The molecular weight excluding hydrogens is 190 g/mol. The van der Waals surface area contributed by atoms with Crippen molar-refractivity contribution in [2.75, 3.05) is 0 Å². The lowest BCUT2D eigenvalue weighted by atomic mass is 10.5. The molecule has 0 bridgehead atoms. The fourth-order valence-corrected chi connectivity index (χ4v) is 0.558. The molecule has 0 unspecified atom stereocenters. The normalized spacial score (nSPS) is 8.62. The van der Waals surface area contributed by atoms with Gasteiger partial charge in [0, 0.05) is 17.4 Å². The minimum absolute atomic E-state index is 0.0301. The van der Waals surface area contributed by atoms with E-state index in [4.69, 9.17) is 11.6 Å². The molecule has 0 atom stereocenters. The summed E-state index contributed by atoms with van der Waals surface area (Å²) in [6, 6.07) is 3.48. The van der Waals surface area contributed by atoms with Crippen LogP contribution in [0.2, 0.25) is 5.02 Å². The maximum atomic E-state index is 9.39. The predicted molar refractivity (Wildman–Crippen MR) is 51.5 cm³/mol. The van der Waals surface area contributed by atoms with Gasteiger partial charge in [0.15, 0.2) is 0 Å². The molecule has 1 rings (SSSR count). The number of rotatable bonds is 2. The van der Waals surface area contributed by atoms with E-state index in [1.54, 1.807) is 38.4 Å². The van der Waals surface area contributed by atoms with Crippen LogP contribution in [0.25, 0.3) is 0 Å². The van der Waals surface area contributed by atoms with Gasteiger partial charge in [0.1, 0.15) is 0 Å². The van der Waals surface area contributed by atoms with E-state index in [-0.39, 0.29) is 6.10 Å². The number of aromatic nitrogens is 1. The molecule has 0 fully saturated rings. The first kappa shape index (κ1) is 11.9. The first-order valence-electron chi connectivity index (χ1n) is 3.81. The van der Waals surface area contributed by atoms with Gasteiger partial charge in [-0.3, -0.25) is 9.78 Å². The van der Waals surface area contributed by atoms with Crippen LogP contribution in [-0.4, -0.2) is 17.6 Å². The largest absolute Gasteiger partial charge is 0.465 e. The van der Waals surface area contributed by atoms with Crippen molar-refractivity contribution >= 4 is 18.1 Å². The fraction of sp³-hybridized carbons (Fsp3) is 0.333. The van der Waals surface area contributed by atoms with Crippen molar-refractivity contribution in [2.45, 2.75) is 20.0 Å². The summed E-state index contributed by atoms with van der Waals surface area (Å²) in [4.78, 5) is 13.2. The molecule has 0 aliphatic carbocycles. The second kappa shape index (κ2) is 7.55. The lowest BCUT2D eigenvalue weighted by molar-refractivity contribution is -0.131. The third kappa shape index (κ3) is 8.82. The smallest absolute Gasteiger partial charge is 0.293 e. The number of hydrogen-bond donors (Lipinski definition) is 0. The van der Waals surface area contributed by atoms with E-state index in [2.05, 4.69) is 9.72 Å². The Labute approximate surface area is 82.7 Å². The van der Waals surface area contributed by atoms with Crippen LogP contribution < -0.4 is 0 Å². The van der Waals surface area contributed by atoms with Gasteiger partial charge in [-0.15, -0.1) is 0 Å². The molecule has 1 aromatic rings. The van der Waals surface area contributed by atoms with Crippen LogP contribution in [0.15, 0.2) is 24.5 Å². The number of hydrogen-bond acceptors (Lipinski definition) is 3. The molecule has 4 heteroatoms. The Morgan fingerprint density at radius 2 is 2.00 bits per heavy atom. The highest BCUT2D eigenvalue weighted by atomic mass is 35.5. The standard InChI is InChI=1S/C5H4ClN.C4H8O2/c6-5-1-3-7-4-2-5;1-4(2)6-3-5/h1-4H;3-4H,1-2H3. The van der Waals surface area contributed by atoms with Crippen molar-refractivity contribution in [3.63, 3.8) is 0 Å². The molecule has 0 aliphatic rings. The molecule has 0 aromatic carbocycles. The van der Waals surface area contributed by atoms with E-state index in [0.717, 1.165) is 5.02 Å². The quantitative estimate of drug-likeness (QED) is 0.690. The Morgan fingerprint density at radius 3 is 2.15 bits per heavy atom. The zero-order valence-electron chi connectivity index (χ0n) is 7.61. The Bertz CT molecular complexity index is 226. The molecule has 0 amide bonds. The number of pyridine rings is 1. The fourth-order valence-electron chi connectivity index (χ4n) is 0.445. The van der Waals surface area contributed by atoms with E-state index < -0.39 is 0 Å². The minimum Gasteiger partial charge on any atom is -0.465 e. The van der Waals surface area contributed by atoms with Gasteiger partial charge >= 0.3 is 0 Å². The summed E-state index contributed by atoms with van der Waals surface area (Å²) in [7, 11) is 0. The third-order valence-corrected chi connectivity index (χ3v) is 1.22. The van der Waals surface area contributed by atoms with Gasteiger partial charge in [0.2, 0.25) is 0 Å². The summed E-state index contributed by atoms with van der Waals surface area (Å²) in [6.45, 7) is 4.05. The number of nitrogens with zero attached hydrogens (tertiary/aromatic N) is 1. The van der Waals surface area contributed by atoms with Gasteiger partial charge in [0.25, 0.3) is 6.47 Å². The van der Waals surface area contributed by atoms with E-state index in [1.165, 1.54) is 0 Å². The lowest BCUT2D eigenvalue weighted by Gasteiger charge is -1.96. The second-order valence-electron chi connectivity index (χ2n) is 2.45. The first-order chi connectivity index (χ1) is 6.16. The summed E-state index contributed by atoms with van der Waals surface area (Å²) in [5.41, 5.74) is 0. The van der Waals surface area contributed by atoms with Crippen LogP contribution in [0.1, 0.15) is 13.8 Å². The van der Waals surface area contributed by atoms with E-state index in [1.807, 2.05) is 0 Å². The predicted octanol–water partition coefficient (Wildman–Crippen LogP) is 2.30. The topological polar surface area (TPSA) is 39.2 Å². The Hall–Kier alpha value is -1.09. The van der Waals surface area contributed by atoms with E-state index >= 15 is 0 Å². The van der Waals surface area contributed by atoms with Crippen molar-refractivity contribution < 1.29 is 9.53 Å². The summed E-state index contributed by atoms with van der Waals surface area (Å²) in [6.07, 6.45) is 3.34. The maximum absolute atomic E-state index is 9.39. The van der Waals surface area contributed by atoms with Crippen LogP contribution in [0.5, 0.6) is 0 Å². The minimum atomic E-state index is 0.0301. The maximum Gasteiger partial charge on any atom is 0.293 e. The van der Waals surface area contributed by atoms with Crippen LogP contribution in [0.4, 0.5) is 0 Å². The van der Waals surface area contributed by atoms with E-state index in [9.17, 15) is 4.79 Å². The van der Waals surface area contributed by atoms with E-state index in [0.29, 0.717) is 6.47 Å². The van der Waals surface area contributed by atoms with Crippen LogP contribution in [-0.2, 0) is 9.53 Å². The van der Waals surface area contributed by atoms with Gasteiger partial charge in [0.05, 0.1) is 6.10 Å². The first-order valence-corrected chi connectivity index (χ1v) is 4.19. The number of carbonyl (C=O) groups is 1. The Kier molecular flexibility index (Phi) is 6.92. The van der Waals surface area contributed by atoms with Crippen molar-refractivity contribution in [1.29, 1.82) is 0 Å².